The standard InChI is InChI=1S/C41H48N8O6S2/c1-22(2)33-20-26(56(52,53)47-39(50)45-37-27-12-6-10-24(27)19-25-11-7-13-28(25)37)21-34(43-33)36-29-14-8-16-31(29)38(32-17-9-15-30(32)36)46-40(51)48-57(54,55)41-42-23(3)18-35(44-41)49(4)5/h18-22H,6-17H2,1-5H3,(H2,45,47,50)(H2,46,48,51). The maximum absolute atomic E-state index is 14.1. The first-order valence-electron chi connectivity index (χ1n) is 19.7. The van der Waals surface area contributed by atoms with E-state index < -0.39 is 37.3 Å². The zero-order valence-corrected chi connectivity index (χ0v) is 34.6. The zero-order valence-electron chi connectivity index (χ0n) is 32.9. The highest BCUT2D eigenvalue weighted by atomic mass is 32.2. The Balaban J connectivity index is 1.11. The molecule has 4 aliphatic carbocycles. The Hall–Kier alpha value is -5.09. The summed E-state index contributed by atoms with van der Waals surface area (Å²) in [6, 6.07) is 5.26. The molecule has 16 heteroatoms. The number of carbonyl (C=O) groups excluding carboxylic acids is 2. The quantitative estimate of drug-likeness (QED) is 0.146. The van der Waals surface area contributed by atoms with E-state index in [2.05, 4.69) is 36.1 Å². The number of carbonyl (C=O) groups is 2. The van der Waals surface area contributed by atoms with Gasteiger partial charge in [-0.1, -0.05) is 19.9 Å². The molecule has 8 rings (SSSR count). The van der Waals surface area contributed by atoms with Crippen molar-refractivity contribution < 1.29 is 26.4 Å². The Labute approximate surface area is 333 Å². The van der Waals surface area contributed by atoms with Crippen LogP contribution < -0.4 is 25.0 Å². The minimum Gasteiger partial charge on any atom is -0.363 e. The zero-order chi connectivity index (χ0) is 40.4. The minimum atomic E-state index is -4.41. The van der Waals surface area contributed by atoms with Crippen molar-refractivity contribution in [2.75, 3.05) is 29.6 Å². The van der Waals surface area contributed by atoms with E-state index in [9.17, 15) is 26.4 Å². The van der Waals surface area contributed by atoms with Gasteiger partial charge in [0.05, 0.1) is 10.6 Å². The first-order valence-corrected chi connectivity index (χ1v) is 22.6. The third kappa shape index (κ3) is 7.33. The second-order valence-corrected chi connectivity index (χ2v) is 19.3. The molecule has 0 atom stereocenters. The number of fused-ring (bicyclic) bond motifs is 4. The molecule has 4 aromatic rings. The van der Waals surface area contributed by atoms with Crippen LogP contribution in [0.4, 0.5) is 26.8 Å². The number of benzene rings is 2. The number of rotatable bonds is 9. The van der Waals surface area contributed by atoms with E-state index in [1.54, 1.807) is 38.1 Å². The molecule has 0 bridgehead atoms. The van der Waals surface area contributed by atoms with Gasteiger partial charge in [0.15, 0.2) is 0 Å². The summed E-state index contributed by atoms with van der Waals surface area (Å²) in [6.45, 7) is 5.54. The largest absolute Gasteiger partial charge is 0.363 e. The van der Waals surface area contributed by atoms with Crippen molar-refractivity contribution in [2.45, 2.75) is 114 Å². The first-order chi connectivity index (χ1) is 27.1. The summed E-state index contributed by atoms with van der Waals surface area (Å²) in [6.07, 6.45) is 9.79. The summed E-state index contributed by atoms with van der Waals surface area (Å²) in [5.41, 5.74) is 12.0. The summed E-state index contributed by atoms with van der Waals surface area (Å²) < 4.78 is 59.2. The van der Waals surface area contributed by atoms with Crippen molar-refractivity contribution >= 4 is 49.3 Å². The van der Waals surface area contributed by atoms with E-state index in [1.807, 2.05) is 13.8 Å². The van der Waals surface area contributed by atoms with E-state index in [0.717, 1.165) is 96.0 Å². The fourth-order valence-corrected chi connectivity index (χ4v) is 10.8. The van der Waals surface area contributed by atoms with Crippen molar-refractivity contribution in [1.82, 2.24) is 24.4 Å². The smallest absolute Gasteiger partial charge is 0.333 e. The number of urea groups is 2. The Kier molecular flexibility index (Phi) is 9.99. The minimum absolute atomic E-state index is 0.0593. The number of sulfonamides is 2. The van der Waals surface area contributed by atoms with Crippen molar-refractivity contribution in [3.05, 3.63) is 80.2 Å². The second kappa shape index (κ2) is 14.7. The van der Waals surface area contributed by atoms with Crippen molar-refractivity contribution in [3.8, 4) is 11.3 Å². The van der Waals surface area contributed by atoms with Crippen molar-refractivity contribution in [1.29, 1.82) is 0 Å². The molecular weight excluding hydrogens is 765 g/mol. The molecule has 14 nitrogen and oxygen atoms in total. The van der Waals surface area contributed by atoms with E-state index >= 15 is 0 Å². The van der Waals surface area contributed by atoms with Gasteiger partial charge in [-0.15, -0.1) is 0 Å². The molecule has 0 radical (unpaired) electrons. The third-order valence-corrected chi connectivity index (χ3v) is 14.0. The van der Waals surface area contributed by atoms with E-state index in [0.29, 0.717) is 54.3 Å². The van der Waals surface area contributed by atoms with Crippen LogP contribution in [0.25, 0.3) is 11.3 Å². The van der Waals surface area contributed by atoms with Crippen LogP contribution in [0.15, 0.2) is 34.3 Å². The summed E-state index contributed by atoms with van der Waals surface area (Å²) >= 11 is 0. The van der Waals surface area contributed by atoms with Gasteiger partial charge >= 0.3 is 22.1 Å². The number of aryl methyl sites for hydroxylation is 3. The monoisotopic (exact) mass is 812 g/mol. The molecule has 4 N–H and O–H groups in total. The van der Waals surface area contributed by atoms with Gasteiger partial charge in [0, 0.05) is 48.5 Å². The van der Waals surface area contributed by atoms with Gasteiger partial charge in [0.25, 0.3) is 15.2 Å². The molecule has 0 saturated carbocycles. The summed E-state index contributed by atoms with van der Waals surface area (Å²) in [7, 11) is -5.29. The van der Waals surface area contributed by atoms with Gasteiger partial charge in [0.1, 0.15) is 5.82 Å². The average molecular weight is 813 g/mol. The highest BCUT2D eigenvalue weighted by molar-refractivity contribution is 7.90. The number of amides is 4. The number of hydrogen-bond acceptors (Lipinski definition) is 10. The second-order valence-electron chi connectivity index (χ2n) is 16.0. The number of hydrogen-bond donors (Lipinski definition) is 4. The Morgan fingerprint density at radius 2 is 1.14 bits per heavy atom. The molecule has 0 saturated heterocycles. The highest BCUT2D eigenvalue weighted by Gasteiger charge is 2.33. The maximum Gasteiger partial charge on any atom is 0.333 e. The summed E-state index contributed by atoms with van der Waals surface area (Å²) in [4.78, 5) is 41.8. The third-order valence-electron chi connectivity index (χ3n) is 11.5. The summed E-state index contributed by atoms with van der Waals surface area (Å²) in [5.74, 6) is 0.263. The normalized spacial score (nSPS) is 15.5. The highest BCUT2D eigenvalue weighted by Crippen LogP contribution is 2.46. The lowest BCUT2D eigenvalue weighted by Crippen LogP contribution is -2.36. The molecule has 0 aliphatic heterocycles. The van der Waals surface area contributed by atoms with E-state index in [1.165, 1.54) is 17.2 Å². The average Bonchev–Trinajstić information content (AvgIpc) is 3.98. The van der Waals surface area contributed by atoms with Crippen molar-refractivity contribution in [2.24, 2.45) is 0 Å². The lowest BCUT2D eigenvalue weighted by atomic mass is 9.89. The van der Waals surface area contributed by atoms with Crippen LogP contribution in [-0.2, 0) is 71.4 Å². The van der Waals surface area contributed by atoms with Gasteiger partial charge < -0.3 is 15.5 Å². The van der Waals surface area contributed by atoms with Crippen LogP contribution in [0.5, 0.6) is 0 Å². The molecule has 2 aromatic carbocycles. The number of aromatic nitrogens is 3. The number of nitrogens with zero attached hydrogens (tertiary/aromatic N) is 4. The van der Waals surface area contributed by atoms with Gasteiger partial charge in [-0.05, 0) is 147 Å². The lowest BCUT2D eigenvalue weighted by Gasteiger charge is -2.22. The molecular formula is C41H48N8O6S2. The SMILES string of the molecule is Cc1cc(N(C)C)nc(S(=O)(=O)NC(=O)Nc2c3c(c(-c4cc(S(=O)(=O)NC(=O)Nc5c6c(cc7c5CCC7)CCC6)cc(C(C)C)n4)c4c2CCC4)CCC3)n1. The van der Waals surface area contributed by atoms with E-state index in [4.69, 9.17) is 4.98 Å². The van der Waals surface area contributed by atoms with Crippen molar-refractivity contribution in [3.63, 3.8) is 0 Å². The van der Waals surface area contributed by atoms with Crippen LogP contribution in [0, 0.1) is 6.92 Å². The maximum atomic E-state index is 14.1. The Morgan fingerprint density at radius 1 is 0.632 bits per heavy atom. The number of anilines is 3. The molecule has 0 unspecified atom stereocenters. The molecule has 0 spiro atoms. The van der Waals surface area contributed by atoms with E-state index in [-0.39, 0.29) is 10.8 Å². The van der Waals surface area contributed by atoms with Gasteiger partial charge in [0.2, 0.25) is 0 Å². The van der Waals surface area contributed by atoms with Crippen LogP contribution in [0.2, 0.25) is 0 Å². The fourth-order valence-electron chi connectivity index (χ4n) is 8.99. The van der Waals surface area contributed by atoms with Crippen LogP contribution in [0.1, 0.15) is 101 Å². The van der Waals surface area contributed by atoms with Gasteiger partial charge in [-0.25, -0.2) is 32.4 Å². The molecule has 2 heterocycles. The fraction of sp³-hybridized carbons (Fsp3) is 0.439. The first kappa shape index (κ1) is 38.8. The topological polar surface area (TPSA) is 192 Å². The predicted molar refractivity (Wildman–Crippen MR) is 218 cm³/mol. The molecule has 300 valence electrons. The number of nitrogens with one attached hydrogen (secondary N) is 4. The predicted octanol–water partition coefficient (Wildman–Crippen LogP) is 6.01. The van der Waals surface area contributed by atoms with Gasteiger partial charge in [-0.3, -0.25) is 4.98 Å². The Bertz CT molecular complexity index is 2520. The number of pyridine rings is 1. The van der Waals surface area contributed by atoms with Crippen LogP contribution >= 0.6 is 0 Å². The molecule has 4 amide bonds. The molecule has 4 aliphatic rings. The molecule has 2 aromatic heterocycles. The lowest BCUT2D eigenvalue weighted by molar-refractivity contribution is 0.255. The molecule has 57 heavy (non-hydrogen) atoms. The summed E-state index contributed by atoms with van der Waals surface area (Å²) in [5, 5.41) is 5.31. The molecule has 0 fully saturated rings. The van der Waals surface area contributed by atoms with Gasteiger partial charge in [-0.2, -0.15) is 13.4 Å². The van der Waals surface area contributed by atoms with Crippen LogP contribution in [0.3, 0.4) is 0 Å². The Morgan fingerprint density at radius 3 is 1.70 bits per heavy atom. The van der Waals surface area contributed by atoms with Crippen LogP contribution in [-0.4, -0.2) is 57.9 Å².